The van der Waals surface area contributed by atoms with Crippen LogP contribution < -0.4 is 15.0 Å². The number of benzene rings is 1. The van der Waals surface area contributed by atoms with Gasteiger partial charge in [0.1, 0.15) is 5.75 Å². The maximum Gasteiger partial charge on any atom is 0.324 e. The van der Waals surface area contributed by atoms with Gasteiger partial charge in [0.25, 0.3) is 0 Å². The largest absolute Gasteiger partial charge is 0.497 e. The van der Waals surface area contributed by atoms with Crippen molar-refractivity contribution in [3.05, 3.63) is 24.3 Å². The number of methoxy groups -OCH3 is 1. The summed E-state index contributed by atoms with van der Waals surface area (Å²) in [4.78, 5) is 6.77. The van der Waals surface area contributed by atoms with Crippen LogP contribution in [0.15, 0.2) is 28.8 Å². The summed E-state index contributed by atoms with van der Waals surface area (Å²) in [5.74, 6) is 1.45. The second-order valence-electron chi connectivity index (χ2n) is 6.23. The minimum atomic E-state index is 0.398. The van der Waals surface area contributed by atoms with Crippen LogP contribution in [-0.2, 0) is 0 Å². The van der Waals surface area contributed by atoms with E-state index in [1.807, 2.05) is 24.3 Å². The van der Waals surface area contributed by atoms with Gasteiger partial charge < -0.3 is 19.5 Å². The Hall–Kier alpha value is -2.08. The van der Waals surface area contributed by atoms with E-state index >= 15 is 0 Å². The number of aromatic nitrogens is 2. The molecule has 2 saturated heterocycles. The van der Waals surface area contributed by atoms with Crippen LogP contribution in [0.4, 0.5) is 6.01 Å². The maximum absolute atomic E-state index is 5.48. The molecule has 1 N–H and O–H groups in total. The molecule has 0 aliphatic carbocycles. The second kappa shape index (κ2) is 5.28. The summed E-state index contributed by atoms with van der Waals surface area (Å²) in [5, 5.41) is 7.58. The molecule has 1 atom stereocenters. The van der Waals surface area contributed by atoms with E-state index in [0.29, 0.717) is 17.3 Å². The second-order valence-corrected chi connectivity index (χ2v) is 6.23. The fourth-order valence-electron chi connectivity index (χ4n) is 3.44. The molecule has 3 heterocycles. The molecule has 0 saturated carbocycles. The molecular formula is C16H20N4O2. The number of nitrogens with one attached hydrogen (secondary N) is 1. The summed E-state index contributed by atoms with van der Waals surface area (Å²) in [6, 6.07) is 8.33. The van der Waals surface area contributed by atoms with Gasteiger partial charge in [-0.15, -0.1) is 0 Å². The molecule has 2 fully saturated rings. The zero-order valence-corrected chi connectivity index (χ0v) is 12.7. The van der Waals surface area contributed by atoms with Gasteiger partial charge in [0.05, 0.1) is 7.11 Å². The minimum Gasteiger partial charge on any atom is -0.497 e. The first kappa shape index (κ1) is 13.6. The van der Waals surface area contributed by atoms with Gasteiger partial charge >= 0.3 is 6.01 Å². The number of nitrogens with zero attached hydrogens (tertiary/aromatic N) is 3. The normalized spacial score (nSPS) is 24.3. The van der Waals surface area contributed by atoms with Crippen LogP contribution in [0, 0.1) is 5.41 Å². The van der Waals surface area contributed by atoms with Crippen molar-refractivity contribution in [2.75, 3.05) is 38.2 Å². The van der Waals surface area contributed by atoms with Crippen LogP contribution >= 0.6 is 0 Å². The van der Waals surface area contributed by atoms with Gasteiger partial charge in [-0.05, 0) is 43.7 Å². The van der Waals surface area contributed by atoms with E-state index in [4.69, 9.17) is 9.26 Å². The first-order valence-corrected chi connectivity index (χ1v) is 7.72. The molecular weight excluding hydrogens is 280 g/mol. The fourth-order valence-corrected chi connectivity index (χ4v) is 3.44. The smallest absolute Gasteiger partial charge is 0.324 e. The van der Waals surface area contributed by atoms with Crippen LogP contribution in [0.1, 0.15) is 12.8 Å². The van der Waals surface area contributed by atoms with Gasteiger partial charge in [0.15, 0.2) is 0 Å². The third-order valence-corrected chi connectivity index (χ3v) is 4.80. The first-order chi connectivity index (χ1) is 10.8. The van der Waals surface area contributed by atoms with Crippen LogP contribution in [0.3, 0.4) is 0 Å². The molecule has 6 nitrogen and oxygen atoms in total. The summed E-state index contributed by atoms with van der Waals surface area (Å²) < 4.78 is 10.6. The van der Waals surface area contributed by atoms with Crippen LogP contribution in [-0.4, -0.2) is 43.4 Å². The van der Waals surface area contributed by atoms with E-state index in [2.05, 4.69) is 20.4 Å². The quantitative estimate of drug-likeness (QED) is 0.934. The van der Waals surface area contributed by atoms with Gasteiger partial charge in [0.2, 0.25) is 5.82 Å². The molecule has 4 rings (SSSR count). The molecule has 2 aliphatic rings. The molecule has 1 aromatic heterocycles. The van der Waals surface area contributed by atoms with Gasteiger partial charge in [-0.25, -0.2) is 0 Å². The van der Waals surface area contributed by atoms with Crippen molar-refractivity contribution in [3.63, 3.8) is 0 Å². The summed E-state index contributed by atoms with van der Waals surface area (Å²) in [5.41, 5.74) is 1.33. The van der Waals surface area contributed by atoms with Crippen LogP contribution in [0.25, 0.3) is 11.4 Å². The van der Waals surface area contributed by atoms with Crippen LogP contribution in [0.5, 0.6) is 5.75 Å². The monoisotopic (exact) mass is 300 g/mol. The standard InChI is InChI=1S/C16H20N4O2/c1-21-13-4-2-12(3-5-13)14-18-15(22-19-14)20-9-7-16(11-20)6-8-17-10-16/h2-5,17H,6-11H2,1H3. The van der Waals surface area contributed by atoms with Crippen LogP contribution in [0.2, 0.25) is 0 Å². The van der Waals surface area contributed by atoms with E-state index in [-0.39, 0.29) is 0 Å². The molecule has 1 spiro atoms. The lowest BCUT2D eigenvalue weighted by Crippen LogP contribution is -2.29. The average Bonchev–Trinajstić information content (AvgIpc) is 3.29. The average molecular weight is 300 g/mol. The lowest BCUT2D eigenvalue weighted by molar-refractivity contribution is 0.363. The molecule has 2 aromatic rings. The SMILES string of the molecule is COc1ccc(-c2noc(N3CCC4(CCNC4)C3)n2)cc1. The molecule has 0 radical (unpaired) electrons. The van der Waals surface area contributed by atoms with Crippen molar-refractivity contribution in [2.24, 2.45) is 5.41 Å². The van der Waals surface area contributed by atoms with Crippen molar-refractivity contribution < 1.29 is 9.26 Å². The predicted octanol–water partition coefficient (Wildman–Crippen LogP) is 1.93. The lowest BCUT2D eigenvalue weighted by Gasteiger charge is -2.21. The summed E-state index contributed by atoms with van der Waals surface area (Å²) in [7, 11) is 1.66. The van der Waals surface area contributed by atoms with E-state index < -0.39 is 0 Å². The molecule has 0 bridgehead atoms. The van der Waals surface area contributed by atoms with Crippen molar-refractivity contribution in [1.82, 2.24) is 15.5 Å². The summed E-state index contributed by atoms with van der Waals surface area (Å²) >= 11 is 0. The van der Waals surface area contributed by atoms with E-state index in [1.54, 1.807) is 7.11 Å². The number of hydrogen-bond donors (Lipinski definition) is 1. The van der Waals surface area contributed by atoms with Gasteiger partial charge in [0, 0.05) is 30.6 Å². The number of hydrogen-bond acceptors (Lipinski definition) is 6. The minimum absolute atomic E-state index is 0.398. The molecule has 0 amide bonds. The molecule has 1 aromatic carbocycles. The van der Waals surface area contributed by atoms with E-state index in [0.717, 1.165) is 37.5 Å². The van der Waals surface area contributed by atoms with Gasteiger partial charge in [-0.2, -0.15) is 4.98 Å². The number of rotatable bonds is 3. The third kappa shape index (κ3) is 2.33. The summed E-state index contributed by atoms with van der Waals surface area (Å²) in [6.07, 6.45) is 2.43. The Bertz CT molecular complexity index is 646. The lowest BCUT2D eigenvalue weighted by atomic mass is 9.87. The third-order valence-electron chi connectivity index (χ3n) is 4.80. The molecule has 1 unspecified atom stereocenters. The predicted molar refractivity (Wildman–Crippen MR) is 83.0 cm³/mol. The van der Waals surface area contributed by atoms with Crippen molar-refractivity contribution in [2.45, 2.75) is 12.8 Å². The maximum atomic E-state index is 5.48. The molecule has 2 aliphatic heterocycles. The highest BCUT2D eigenvalue weighted by atomic mass is 16.5. The fraction of sp³-hybridized carbons (Fsp3) is 0.500. The Morgan fingerprint density at radius 1 is 1.27 bits per heavy atom. The Morgan fingerprint density at radius 2 is 2.14 bits per heavy atom. The van der Waals surface area contributed by atoms with E-state index in [9.17, 15) is 0 Å². The van der Waals surface area contributed by atoms with Gasteiger partial charge in [-0.1, -0.05) is 5.16 Å². The van der Waals surface area contributed by atoms with Gasteiger partial charge in [-0.3, -0.25) is 0 Å². The highest BCUT2D eigenvalue weighted by Gasteiger charge is 2.41. The molecule has 6 heteroatoms. The Labute approximate surface area is 129 Å². The Morgan fingerprint density at radius 3 is 2.86 bits per heavy atom. The zero-order chi connectivity index (χ0) is 15.0. The highest BCUT2D eigenvalue weighted by Crippen LogP contribution is 2.38. The number of ether oxygens (including phenoxy) is 1. The molecule has 22 heavy (non-hydrogen) atoms. The summed E-state index contributed by atoms with van der Waals surface area (Å²) in [6.45, 7) is 4.22. The molecule has 116 valence electrons. The van der Waals surface area contributed by atoms with E-state index in [1.165, 1.54) is 12.8 Å². The number of anilines is 1. The zero-order valence-electron chi connectivity index (χ0n) is 12.7. The topological polar surface area (TPSA) is 63.4 Å². The van der Waals surface area contributed by atoms with Crippen molar-refractivity contribution >= 4 is 6.01 Å². The Kier molecular flexibility index (Phi) is 3.26. The van der Waals surface area contributed by atoms with Crippen molar-refractivity contribution in [3.8, 4) is 17.1 Å². The van der Waals surface area contributed by atoms with Crippen molar-refractivity contribution in [1.29, 1.82) is 0 Å². The Balaban J connectivity index is 1.51. The highest BCUT2D eigenvalue weighted by molar-refractivity contribution is 5.57. The first-order valence-electron chi connectivity index (χ1n) is 7.72.